The number of morpholine rings is 1. The lowest BCUT2D eigenvalue weighted by molar-refractivity contribution is -0.116. The van der Waals surface area contributed by atoms with Crippen molar-refractivity contribution in [3.05, 3.63) is 57.6 Å². The van der Waals surface area contributed by atoms with Crippen LogP contribution in [0.15, 0.2) is 36.4 Å². The highest BCUT2D eigenvalue weighted by atomic mass is 35.5. The number of amides is 3. The minimum absolute atomic E-state index is 0.145. The number of nitrogens with one attached hydrogen (secondary N) is 1. The first-order valence-corrected chi connectivity index (χ1v) is 9.77. The van der Waals surface area contributed by atoms with E-state index in [-0.39, 0.29) is 21.2 Å². The molecular formula is C20H17Cl2N3O4. The molecule has 2 aliphatic rings. The van der Waals surface area contributed by atoms with Crippen LogP contribution < -0.4 is 10.2 Å². The van der Waals surface area contributed by atoms with E-state index in [1.165, 1.54) is 12.1 Å². The van der Waals surface area contributed by atoms with Crippen LogP contribution in [0.1, 0.15) is 20.7 Å². The minimum atomic E-state index is -0.568. The molecule has 2 aliphatic heterocycles. The fourth-order valence-electron chi connectivity index (χ4n) is 3.35. The third-order valence-electron chi connectivity index (χ3n) is 4.84. The average Bonchev–Trinajstić information content (AvgIpc) is 2.94. The third kappa shape index (κ3) is 3.94. The van der Waals surface area contributed by atoms with E-state index >= 15 is 0 Å². The molecule has 7 nitrogen and oxygen atoms in total. The van der Waals surface area contributed by atoms with Gasteiger partial charge in [-0.3, -0.25) is 19.3 Å². The van der Waals surface area contributed by atoms with Crippen molar-refractivity contribution >= 4 is 52.3 Å². The number of hydrogen-bond acceptors (Lipinski definition) is 5. The van der Waals surface area contributed by atoms with Crippen LogP contribution in [0.2, 0.25) is 10.0 Å². The van der Waals surface area contributed by atoms with E-state index in [0.29, 0.717) is 18.9 Å². The second kappa shape index (κ2) is 8.02. The molecule has 1 fully saturated rings. The van der Waals surface area contributed by atoms with E-state index in [4.69, 9.17) is 27.9 Å². The standard InChI is InChI=1S/C20H17Cl2N3O4/c21-16-9-14-15(10-17(16)22)20(28)25(19(14)27)11-18(26)23-12-1-3-13(4-2-12)24-5-7-29-8-6-24/h1-4,9-10H,5-8,11H2,(H,23,26). The summed E-state index contributed by atoms with van der Waals surface area (Å²) in [5.74, 6) is -1.61. The maximum absolute atomic E-state index is 12.5. The second-order valence-corrected chi connectivity index (χ2v) is 7.52. The quantitative estimate of drug-likeness (QED) is 0.749. The molecule has 0 aromatic heterocycles. The summed E-state index contributed by atoms with van der Waals surface area (Å²) in [5.41, 5.74) is 1.91. The lowest BCUT2D eigenvalue weighted by atomic mass is 10.1. The predicted molar refractivity (Wildman–Crippen MR) is 110 cm³/mol. The fraction of sp³-hybridized carbons (Fsp3) is 0.250. The Kier molecular flexibility index (Phi) is 5.45. The first kappa shape index (κ1) is 19.7. The molecule has 0 bridgehead atoms. The molecule has 1 saturated heterocycles. The first-order chi connectivity index (χ1) is 13.9. The topological polar surface area (TPSA) is 79.0 Å². The van der Waals surface area contributed by atoms with Gasteiger partial charge in [0.2, 0.25) is 5.91 Å². The Morgan fingerprint density at radius 1 is 0.966 bits per heavy atom. The van der Waals surface area contributed by atoms with E-state index < -0.39 is 24.3 Å². The molecule has 0 radical (unpaired) electrons. The van der Waals surface area contributed by atoms with Gasteiger partial charge in [-0.2, -0.15) is 0 Å². The molecule has 2 heterocycles. The highest BCUT2D eigenvalue weighted by molar-refractivity contribution is 6.43. The Hall–Kier alpha value is -2.61. The molecule has 2 aromatic rings. The zero-order valence-electron chi connectivity index (χ0n) is 15.3. The van der Waals surface area contributed by atoms with Gasteiger partial charge in [0.15, 0.2) is 0 Å². The van der Waals surface area contributed by atoms with Gasteiger partial charge in [0.1, 0.15) is 6.54 Å². The van der Waals surface area contributed by atoms with E-state index in [1.807, 2.05) is 12.1 Å². The van der Waals surface area contributed by atoms with Gasteiger partial charge in [-0.1, -0.05) is 23.2 Å². The summed E-state index contributed by atoms with van der Waals surface area (Å²) in [6, 6.07) is 10.1. The highest BCUT2D eigenvalue weighted by Gasteiger charge is 2.37. The molecule has 0 aliphatic carbocycles. The van der Waals surface area contributed by atoms with Crippen LogP contribution in [0, 0.1) is 0 Å². The average molecular weight is 434 g/mol. The van der Waals surface area contributed by atoms with Gasteiger partial charge in [0, 0.05) is 24.5 Å². The number of hydrogen-bond donors (Lipinski definition) is 1. The number of benzene rings is 2. The van der Waals surface area contributed by atoms with Gasteiger partial charge in [-0.05, 0) is 36.4 Å². The molecule has 2 aromatic carbocycles. The van der Waals surface area contributed by atoms with Crippen LogP contribution in [-0.4, -0.2) is 55.5 Å². The van der Waals surface area contributed by atoms with E-state index in [0.717, 1.165) is 23.7 Å². The lowest BCUT2D eigenvalue weighted by Gasteiger charge is -2.28. The van der Waals surface area contributed by atoms with Crippen molar-refractivity contribution in [1.82, 2.24) is 4.90 Å². The molecular weight excluding hydrogens is 417 g/mol. The number of anilines is 2. The van der Waals surface area contributed by atoms with E-state index in [1.54, 1.807) is 12.1 Å². The maximum Gasteiger partial charge on any atom is 0.262 e. The summed E-state index contributed by atoms with van der Waals surface area (Å²) in [6.45, 7) is 2.62. The number of carbonyl (C=O) groups is 3. The number of halogens is 2. The summed E-state index contributed by atoms with van der Waals surface area (Å²) in [7, 11) is 0. The van der Waals surface area contributed by atoms with Crippen LogP contribution in [0.25, 0.3) is 0 Å². The zero-order chi connectivity index (χ0) is 20.5. The summed E-state index contributed by atoms with van der Waals surface area (Å²) in [4.78, 5) is 40.4. The monoisotopic (exact) mass is 433 g/mol. The Morgan fingerprint density at radius 3 is 2.07 bits per heavy atom. The van der Waals surface area contributed by atoms with Gasteiger partial charge < -0.3 is 15.0 Å². The maximum atomic E-state index is 12.5. The molecule has 0 atom stereocenters. The third-order valence-corrected chi connectivity index (χ3v) is 5.56. The molecule has 1 N–H and O–H groups in total. The Bertz CT molecular complexity index is 947. The Labute approximate surface area is 177 Å². The van der Waals surface area contributed by atoms with Crippen molar-refractivity contribution in [3.8, 4) is 0 Å². The van der Waals surface area contributed by atoms with Crippen molar-refractivity contribution in [2.45, 2.75) is 0 Å². The molecule has 150 valence electrons. The Morgan fingerprint density at radius 2 is 1.52 bits per heavy atom. The number of ether oxygens (including phenoxy) is 1. The lowest BCUT2D eigenvalue weighted by Crippen LogP contribution is -2.37. The normalized spacial score (nSPS) is 16.2. The molecule has 3 amide bonds. The van der Waals surface area contributed by atoms with Gasteiger partial charge in [-0.15, -0.1) is 0 Å². The largest absolute Gasteiger partial charge is 0.378 e. The molecule has 0 unspecified atom stereocenters. The van der Waals surface area contributed by atoms with Crippen LogP contribution in [0.5, 0.6) is 0 Å². The minimum Gasteiger partial charge on any atom is -0.378 e. The van der Waals surface area contributed by atoms with Crippen LogP contribution >= 0.6 is 23.2 Å². The van der Waals surface area contributed by atoms with Crippen LogP contribution in [0.4, 0.5) is 11.4 Å². The van der Waals surface area contributed by atoms with Gasteiger partial charge in [0.25, 0.3) is 11.8 Å². The smallest absolute Gasteiger partial charge is 0.262 e. The zero-order valence-corrected chi connectivity index (χ0v) is 16.8. The summed E-state index contributed by atoms with van der Waals surface area (Å²) >= 11 is 11.9. The molecule has 29 heavy (non-hydrogen) atoms. The van der Waals surface area contributed by atoms with Crippen molar-refractivity contribution in [3.63, 3.8) is 0 Å². The fourth-order valence-corrected chi connectivity index (χ4v) is 3.68. The highest BCUT2D eigenvalue weighted by Crippen LogP contribution is 2.31. The van der Waals surface area contributed by atoms with Crippen LogP contribution in [-0.2, 0) is 9.53 Å². The molecule has 4 rings (SSSR count). The van der Waals surface area contributed by atoms with Gasteiger partial charge >= 0.3 is 0 Å². The van der Waals surface area contributed by atoms with Crippen LogP contribution in [0.3, 0.4) is 0 Å². The predicted octanol–water partition coefficient (Wildman–Crippen LogP) is 3.06. The van der Waals surface area contributed by atoms with Crippen molar-refractivity contribution in [2.24, 2.45) is 0 Å². The number of rotatable bonds is 4. The number of nitrogens with zero attached hydrogens (tertiary/aromatic N) is 2. The summed E-state index contributed by atoms with van der Waals surface area (Å²) in [5, 5.41) is 3.07. The number of fused-ring (bicyclic) bond motifs is 1. The van der Waals surface area contributed by atoms with Crippen molar-refractivity contribution in [1.29, 1.82) is 0 Å². The van der Waals surface area contributed by atoms with Crippen molar-refractivity contribution < 1.29 is 19.1 Å². The van der Waals surface area contributed by atoms with Gasteiger partial charge in [-0.25, -0.2) is 0 Å². The first-order valence-electron chi connectivity index (χ1n) is 9.02. The van der Waals surface area contributed by atoms with E-state index in [9.17, 15) is 14.4 Å². The van der Waals surface area contributed by atoms with Crippen molar-refractivity contribution in [2.75, 3.05) is 43.1 Å². The van der Waals surface area contributed by atoms with Gasteiger partial charge in [0.05, 0.1) is 34.4 Å². The van der Waals surface area contributed by atoms with E-state index in [2.05, 4.69) is 10.2 Å². The molecule has 0 spiro atoms. The Balaban J connectivity index is 1.41. The number of carbonyl (C=O) groups excluding carboxylic acids is 3. The molecule has 9 heteroatoms. The SMILES string of the molecule is O=C(CN1C(=O)c2cc(Cl)c(Cl)cc2C1=O)Nc1ccc(N2CCOCC2)cc1. The molecule has 0 saturated carbocycles. The second-order valence-electron chi connectivity index (χ2n) is 6.70. The summed E-state index contributed by atoms with van der Waals surface area (Å²) in [6.07, 6.45) is 0. The summed E-state index contributed by atoms with van der Waals surface area (Å²) < 4.78 is 5.34. The number of imide groups is 1.